The molecular weight excluding hydrogens is 461 g/mol. The highest BCUT2D eigenvalue weighted by atomic mass is 19.4. The van der Waals surface area contributed by atoms with E-state index < -0.39 is 23.3 Å². The number of hydrogen-bond acceptors (Lipinski definition) is 4. The van der Waals surface area contributed by atoms with E-state index in [2.05, 4.69) is 5.32 Å². The van der Waals surface area contributed by atoms with Crippen LogP contribution in [-0.4, -0.2) is 48.9 Å². The van der Waals surface area contributed by atoms with Gasteiger partial charge in [0.25, 0.3) is 5.91 Å². The number of nitrogens with zero attached hydrogens (tertiary/aromatic N) is 3. The summed E-state index contributed by atoms with van der Waals surface area (Å²) in [5.74, 6) is -0.722. The van der Waals surface area contributed by atoms with Crippen molar-refractivity contribution in [2.45, 2.75) is 44.4 Å². The number of benzene rings is 2. The first-order valence-corrected chi connectivity index (χ1v) is 11.4. The highest BCUT2D eigenvalue weighted by Crippen LogP contribution is 2.44. The molecule has 1 saturated heterocycles. The van der Waals surface area contributed by atoms with Gasteiger partial charge in [0.1, 0.15) is 5.66 Å². The highest BCUT2D eigenvalue weighted by Gasteiger charge is 2.52. The van der Waals surface area contributed by atoms with Gasteiger partial charge in [0.05, 0.1) is 28.2 Å². The first kappa shape index (κ1) is 24.6. The molecule has 0 bridgehead atoms. The van der Waals surface area contributed by atoms with Gasteiger partial charge in [-0.25, -0.2) is 0 Å². The predicted molar refractivity (Wildman–Crippen MR) is 126 cm³/mol. The van der Waals surface area contributed by atoms with Crippen LogP contribution in [0.5, 0.6) is 0 Å². The third kappa shape index (κ3) is 4.44. The van der Waals surface area contributed by atoms with Gasteiger partial charge in [0.15, 0.2) is 0 Å². The Kier molecular flexibility index (Phi) is 6.25. The average Bonchev–Trinajstić information content (AvgIpc) is 3.10. The fraction of sp³-hybridized carbons (Fsp3) is 0.400. The zero-order chi connectivity index (χ0) is 25.5. The molecule has 3 amide bonds. The SMILES string of the molecule is CN(C)c1ccc(C(F)(F)F)cc1NC(=O)CCCN1C(=O)c2ccccc2N2C(=O)CCC12C. The Hall–Kier alpha value is -3.56. The van der Waals surface area contributed by atoms with E-state index in [1.165, 1.54) is 6.07 Å². The lowest BCUT2D eigenvalue weighted by molar-refractivity contribution is -0.137. The number of para-hydroxylation sites is 1. The van der Waals surface area contributed by atoms with Crippen LogP contribution in [0.2, 0.25) is 0 Å². The van der Waals surface area contributed by atoms with E-state index >= 15 is 0 Å². The summed E-state index contributed by atoms with van der Waals surface area (Å²) in [6, 6.07) is 10.2. The number of nitrogens with one attached hydrogen (secondary N) is 1. The van der Waals surface area contributed by atoms with Crippen molar-refractivity contribution in [2.75, 3.05) is 35.8 Å². The fourth-order valence-corrected chi connectivity index (χ4v) is 4.85. The van der Waals surface area contributed by atoms with Gasteiger partial charge in [-0.3, -0.25) is 19.3 Å². The van der Waals surface area contributed by atoms with Crippen molar-refractivity contribution in [2.24, 2.45) is 0 Å². The summed E-state index contributed by atoms with van der Waals surface area (Å²) in [7, 11) is 3.35. The van der Waals surface area contributed by atoms with Crippen LogP contribution in [0, 0.1) is 0 Å². The standard InChI is InChI=1S/C25H27F3N4O3/c1-24-13-12-22(34)32(24)19-8-5-4-7-17(19)23(35)31(24)14-6-9-21(33)29-18-15-16(25(26,27)28)10-11-20(18)30(2)3/h4-5,7-8,10-11,15H,6,9,12-14H2,1-3H3,(H,29,33). The van der Waals surface area contributed by atoms with Gasteiger partial charge in [-0.05, 0) is 50.1 Å². The van der Waals surface area contributed by atoms with Gasteiger partial charge in [-0.1, -0.05) is 12.1 Å². The molecule has 2 aliphatic heterocycles. The fourth-order valence-electron chi connectivity index (χ4n) is 4.85. The Bertz CT molecular complexity index is 1180. The van der Waals surface area contributed by atoms with Crippen molar-refractivity contribution in [1.82, 2.24) is 4.90 Å². The van der Waals surface area contributed by atoms with E-state index in [1.54, 1.807) is 53.1 Å². The van der Waals surface area contributed by atoms with Crippen molar-refractivity contribution in [3.05, 3.63) is 53.6 Å². The maximum Gasteiger partial charge on any atom is 0.416 e. The number of carbonyl (C=O) groups is 3. The second-order valence-corrected chi connectivity index (χ2v) is 9.20. The van der Waals surface area contributed by atoms with Gasteiger partial charge in [0, 0.05) is 33.5 Å². The number of anilines is 3. The molecule has 1 atom stereocenters. The molecule has 7 nitrogen and oxygen atoms in total. The van der Waals surface area contributed by atoms with E-state index in [-0.39, 0.29) is 36.9 Å². The Morgan fingerprint density at radius 3 is 2.54 bits per heavy atom. The number of halogens is 3. The second-order valence-electron chi connectivity index (χ2n) is 9.20. The molecular formula is C25H27F3N4O3. The molecule has 0 aliphatic carbocycles. The summed E-state index contributed by atoms with van der Waals surface area (Å²) < 4.78 is 39.5. The average molecular weight is 489 g/mol. The van der Waals surface area contributed by atoms with Crippen LogP contribution in [0.4, 0.5) is 30.2 Å². The highest BCUT2D eigenvalue weighted by molar-refractivity contribution is 6.10. The van der Waals surface area contributed by atoms with E-state index in [9.17, 15) is 27.6 Å². The Balaban J connectivity index is 1.48. The molecule has 1 unspecified atom stereocenters. The minimum Gasteiger partial charge on any atom is -0.376 e. The smallest absolute Gasteiger partial charge is 0.376 e. The largest absolute Gasteiger partial charge is 0.416 e. The molecule has 2 aromatic carbocycles. The third-order valence-corrected chi connectivity index (χ3v) is 6.61. The van der Waals surface area contributed by atoms with E-state index in [0.717, 1.165) is 12.1 Å². The monoisotopic (exact) mass is 488 g/mol. The molecule has 35 heavy (non-hydrogen) atoms. The van der Waals surface area contributed by atoms with E-state index in [1.807, 2.05) is 6.92 Å². The molecule has 4 rings (SSSR count). The van der Waals surface area contributed by atoms with Crippen LogP contribution in [0.3, 0.4) is 0 Å². The number of amides is 3. The van der Waals surface area contributed by atoms with Crippen molar-refractivity contribution < 1.29 is 27.6 Å². The van der Waals surface area contributed by atoms with Gasteiger partial charge in [0.2, 0.25) is 11.8 Å². The molecule has 1 fully saturated rings. The first-order chi connectivity index (χ1) is 16.4. The molecule has 0 spiro atoms. The number of alkyl halides is 3. The quantitative estimate of drug-likeness (QED) is 0.651. The van der Waals surface area contributed by atoms with E-state index in [0.29, 0.717) is 29.8 Å². The maximum absolute atomic E-state index is 13.3. The number of rotatable bonds is 6. The Morgan fingerprint density at radius 2 is 1.86 bits per heavy atom. The topological polar surface area (TPSA) is 73.0 Å². The van der Waals surface area contributed by atoms with E-state index in [4.69, 9.17) is 0 Å². The summed E-state index contributed by atoms with van der Waals surface area (Å²) >= 11 is 0. The lowest BCUT2D eigenvalue weighted by Gasteiger charge is -2.48. The summed E-state index contributed by atoms with van der Waals surface area (Å²) in [4.78, 5) is 43.5. The molecule has 2 heterocycles. The van der Waals surface area contributed by atoms with Crippen molar-refractivity contribution in [3.8, 4) is 0 Å². The van der Waals surface area contributed by atoms with Crippen molar-refractivity contribution in [3.63, 3.8) is 0 Å². The van der Waals surface area contributed by atoms with Crippen LogP contribution in [0.15, 0.2) is 42.5 Å². The lowest BCUT2D eigenvalue weighted by atomic mass is 9.98. The van der Waals surface area contributed by atoms with Crippen molar-refractivity contribution >= 4 is 34.8 Å². The summed E-state index contributed by atoms with van der Waals surface area (Å²) in [6.07, 6.45) is -3.45. The zero-order valence-corrected chi connectivity index (χ0v) is 19.8. The van der Waals surface area contributed by atoms with Crippen LogP contribution in [0.1, 0.15) is 48.5 Å². The van der Waals surface area contributed by atoms with Crippen LogP contribution in [0.25, 0.3) is 0 Å². The van der Waals surface area contributed by atoms with Crippen LogP contribution in [-0.2, 0) is 15.8 Å². The third-order valence-electron chi connectivity index (χ3n) is 6.61. The molecule has 2 aliphatic rings. The first-order valence-electron chi connectivity index (χ1n) is 11.4. The van der Waals surface area contributed by atoms with Crippen molar-refractivity contribution in [1.29, 1.82) is 0 Å². The Labute approximate surface area is 201 Å². The van der Waals surface area contributed by atoms with Gasteiger partial charge in [-0.15, -0.1) is 0 Å². The molecule has 1 N–H and O–H groups in total. The molecule has 0 aromatic heterocycles. The Morgan fingerprint density at radius 1 is 1.14 bits per heavy atom. The summed E-state index contributed by atoms with van der Waals surface area (Å²) in [6.45, 7) is 2.07. The molecule has 186 valence electrons. The van der Waals surface area contributed by atoms with Gasteiger partial charge >= 0.3 is 6.18 Å². The molecule has 10 heteroatoms. The summed E-state index contributed by atoms with van der Waals surface area (Å²) in [5.41, 5.74) is -0.131. The maximum atomic E-state index is 13.3. The second kappa shape index (κ2) is 8.90. The van der Waals surface area contributed by atoms with Gasteiger partial charge in [-0.2, -0.15) is 13.2 Å². The zero-order valence-electron chi connectivity index (χ0n) is 19.8. The number of fused-ring (bicyclic) bond motifs is 3. The minimum atomic E-state index is -4.53. The van der Waals surface area contributed by atoms with Crippen LogP contribution >= 0.6 is 0 Å². The lowest BCUT2D eigenvalue weighted by Crippen LogP contribution is -2.62. The summed E-state index contributed by atoms with van der Waals surface area (Å²) in [5, 5.41) is 2.58. The van der Waals surface area contributed by atoms with Gasteiger partial charge < -0.3 is 15.1 Å². The minimum absolute atomic E-state index is 0.00142. The number of hydrogen-bond donors (Lipinski definition) is 1. The molecule has 0 radical (unpaired) electrons. The predicted octanol–water partition coefficient (Wildman–Crippen LogP) is 4.49. The van der Waals surface area contributed by atoms with Crippen LogP contribution < -0.4 is 15.1 Å². The number of carbonyl (C=O) groups excluding carboxylic acids is 3. The molecule has 2 aromatic rings. The normalized spacial score (nSPS) is 19.5. The molecule has 0 saturated carbocycles.